The fourth-order valence-corrected chi connectivity index (χ4v) is 3.75. The summed E-state index contributed by atoms with van der Waals surface area (Å²) in [6.45, 7) is 2.25. The van der Waals surface area contributed by atoms with E-state index >= 15 is 0 Å². The number of allylic oxidation sites excluding steroid dienone is 2. The summed E-state index contributed by atoms with van der Waals surface area (Å²) in [7, 11) is -4.79. The fourth-order valence-electron chi connectivity index (χ4n) is 3.08. The maximum atomic E-state index is 11.7. The van der Waals surface area contributed by atoms with Crippen LogP contribution in [0.15, 0.2) is 12.2 Å². The standard InChI is InChI=1S/C22H40O7S/c1-2-3-4-5-6-7-8-9-10-11-12-13-14-15-16-17-18-29-22(25)20(19-21(23)24)30(26,27)28/h9-10,20H,2-8,11-19H2,1H3,(H,23,24)(H,26,27,28). The van der Waals surface area contributed by atoms with E-state index in [0.29, 0.717) is 6.42 Å². The molecule has 7 nitrogen and oxygen atoms in total. The Kier molecular flexibility index (Phi) is 17.5. The summed E-state index contributed by atoms with van der Waals surface area (Å²) in [5.74, 6) is -2.71. The van der Waals surface area contributed by atoms with Crippen LogP contribution in [0.3, 0.4) is 0 Å². The number of ether oxygens (including phenoxy) is 1. The summed E-state index contributed by atoms with van der Waals surface area (Å²) in [4.78, 5) is 22.3. The third-order valence-electron chi connectivity index (χ3n) is 4.88. The Morgan fingerprint density at radius 1 is 0.833 bits per heavy atom. The van der Waals surface area contributed by atoms with Crippen LogP contribution in [0.25, 0.3) is 0 Å². The number of carboxylic acid groups (broad SMARTS) is 1. The molecule has 0 aliphatic rings. The predicted molar refractivity (Wildman–Crippen MR) is 118 cm³/mol. The maximum Gasteiger partial charge on any atom is 0.327 e. The lowest BCUT2D eigenvalue weighted by Gasteiger charge is -2.11. The number of carbonyl (C=O) groups is 2. The Labute approximate surface area is 182 Å². The van der Waals surface area contributed by atoms with Gasteiger partial charge in [-0.15, -0.1) is 0 Å². The van der Waals surface area contributed by atoms with E-state index in [1.54, 1.807) is 0 Å². The Morgan fingerprint density at radius 3 is 1.77 bits per heavy atom. The molecule has 176 valence electrons. The van der Waals surface area contributed by atoms with E-state index in [9.17, 15) is 18.0 Å². The van der Waals surface area contributed by atoms with Crippen molar-refractivity contribution in [3.05, 3.63) is 12.2 Å². The lowest BCUT2D eigenvalue weighted by Crippen LogP contribution is -2.34. The van der Waals surface area contributed by atoms with Crippen LogP contribution in [0.2, 0.25) is 0 Å². The minimum Gasteiger partial charge on any atom is -0.481 e. The highest BCUT2D eigenvalue weighted by Crippen LogP contribution is 2.11. The number of aliphatic carboxylic acids is 1. The molecule has 30 heavy (non-hydrogen) atoms. The SMILES string of the molecule is CCCCCCCCC=CCCCCCCCCOC(=O)C(CC(=O)O)S(=O)(=O)O. The molecule has 8 heteroatoms. The first-order chi connectivity index (χ1) is 14.3. The van der Waals surface area contributed by atoms with Crippen LogP contribution >= 0.6 is 0 Å². The van der Waals surface area contributed by atoms with Gasteiger partial charge in [-0.2, -0.15) is 8.42 Å². The smallest absolute Gasteiger partial charge is 0.327 e. The van der Waals surface area contributed by atoms with Crippen LogP contribution in [-0.4, -0.2) is 41.9 Å². The zero-order valence-corrected chi connectivity index (χ0v) is 19.2. The summed E-state index contributed by atoms with van der Waals surface area (Å²) in [5, 5.41) is 6.56. The quantitative estimate of drug-likeness (QED) is 0.112. The molecule has 0 aliphatic heterocycles. The van der Waals surface area contributed by atoms with E-state index in [0.717, 1.165) is 38.5 Å². The average Bonchev–Trinajstić information content (AvgIpc) is 2.67. The molecule has 0 bridgehead atoms. The van der Waals surface area contributed by atoms with Crippen molar-refractivity contribution in [2.24, 2.45) is 0 Å². The van der Waals surface area contributed by atoms with Crippen molar-refractivity contribution in [2.45, 2.75) is 108 Å². The second-order valence-corrected chi connectivity index (χ2v) is 9.31. The van der Waals surface area contributed by atoms with E-state index in [1.165, 1.54) is 44.9 Å². The number of carboxylic acids is 1. The van der Waals surface area contributed by atoms with Crippen molar-refractivity contribution in [1.29, 1.82) is 0 Å². The van der Waals surface area contributed by atoms with Gasteiger partial charge in [0, 0.05) is 0 Å². The summed E-state index contributed by atoms with van der Waals surface area (Å²) in [6.07, 6.45) is 19.6. The zero-order chi connectivity index (χ0) is 22.7. The van der Waals surface area contributed by atoms with Crippen LogP contribution in [0.1, 0.15) is 103 Å². The van der Waals surface area contributed by atoms with Crippen molar-refractivity contribution in [3.63, 3.8) is 0 Å². The lowest BCUT2D eigenvalue weighted by atomic mass is 10.1. The molecule has 0 aromatic heterocycles. The molecule has 0 saturated carbocycles. The first-order valence-corrected chi connectivity index (χ1v) is 12.8. The van der Waals surface area contributed by atoms with E-state index in [4.69, 9.17) is 14.4 Å². The monoisotopic (exact) mass is 448 g/mol. The van der Waals surface area contributed by atoms with Crippen molar-refractivity contribution >= 4 is 22.1 Å². The van der Waals surface area contributed by atoms with Crippen LogP contribution in [0.5, 0.6) is 0 Å². The minimum absolute atomic E-state index is 0.0195. The second kappa shape index (κ2) is 18.4. The van der Waals surface area contributed by atoms with Gasteiger partial charge in [-0.25, -0.2) is 0 Å². The van der Waals surface area contributed by atoms with Crippen LogP contribution in [0, 0.1) is 0 Å². The first kappa shape index (κ1) is 28.6. The third kappa shape index (κ3) is 17.4. The lowest BCUT2D eigenvalue weighted by molar-refractivity contribution is -0.147. The molecule has 0 amide bonds. The molecular weight excluding hydrogens is 408 g/mol. The molecule has 1 atom stereocenters. The molecule has 0 radical (unpaired) electrons. The summed E-state index contributed by atoms with van der Waals surface area (Å²) in [5.41, 5.74) is 0. The first-order valence-electron chi connectivity index (χ1n) is 11.3. The molecule has 0 spiro atoms. The highest BCUT2D eigenvalue weighted by molar-refractivity contribution is 7.87. The molecule has 1 unspecified atom stereocenters. The van der Waals surface area contributed by atoms with Crippen molar-refractivity contribution in [2.75, 3.05) is 6.61 Å². The van der Waals surface area contributed by atoms with E-state index in [-0.39, 0.29) is 6.61 Å². The second-order valence-electron chi connectivity index (χ2n) is 7.71. The fraction of sp³-hybridized carbons (Fsp3) is 0.818. The summed E-state index contributed by atoms with van der Waals surface area (Å²) < 4.78 is 35.9. The molecular formula is C22H40O7S. The number of rotatable bonds is 20. The Bertz CT molecular complexity index is 584. The number of carbonyl (C=O) groups excluding carboxylic acids is 1. The molecule has 0 rings (SSSR count). The van der Waals surface area contributed by atoms with Gasteiger partial charge in [0.05, 0.1) is 13.0 Å². The molecule has 0 saturated heterocycles. The Hall–Kier alpha value is -1.41. The van der Waals surface area contributed by atoms with Gasteiger partial charge in [0.2, 0.25) is 0 Å². The highest BCUT2D eigenvalue weighted by atomic mass is 32.2. The molecule has 0 aromatic rings. The number of esters is 1. The Morgan fingerprint density at radius 2 is 1.30 bits per heavy atom. The molecule has 0 aromatic carbocycles. The van der Waals surface area contributed by atoms with E-state index < -0.39 is 33.7 Å². The van der Waals surface area contributed by atoms with Gasteiger partial charge in [0.1, 0.15) is 0 Å². The topological polar surface area (TPSA) is 118 Å². The van der Waals surface area contributed by atoms with Crippen molar-refractivity contribution < 1.29 is 32.4 Å². The summed E-state index contributed by atoms with van der Waals surface area (Å²) in [6, 6.07) is 0. The molecule has 0 fully saturated rings. The molecule has 2 N–H and O–H groups in total. The number of hydrogen-bond acceptors (Lipinski definition) is 5. The normalized spacial score (nSPS) is 12.9. The van der Waals surface area contributed by atoms with Crippen molar-refractivity contribution in [1.82, 2.24) is 0 Å². The molecule has 0 aliphatic carbocycles. The van der Waals surface area contributed by atoms with Gasteiger partial charge >= 0.3 is 11.9 Å². The van der Waals surface area contributed by atoms with Gasteiger partial charge in [0.25, 0.3) is 10.1 Å². The van der Waals surface area contributed by atoms with Gasteiger partial charge in [0.15, 0.2) is 5.25 Å². The van der Waals surface area contributed by atoms with E-state index in [2.05, 4.69) is 19.1 Å². The Balaban J connectivity index is 3.58. The van der Waals surface area contributed by atoms with Crippen molar-refractivity contribution in [3.8, 4) is 0 Å². The van der Waals surface area contributed by atoms with Gasteiger partial charge in [-0.05, 0) is 32.1 Å². The van der Waals surface area contributed by atoms with Gasteiger partial charge in [-0.3, -0.25) is 14.1 Å². The summed E-state index contributed by atoms with van der Waals surface area (Å²) >= 11 is 0. The van der Waals surface area contributed by atoms with Crippen LogP contribution in [0.4, 0.5) is 0 Å². The van der Waals surface area contributed by atoms with Crippen LogP contribution in [-0.2, 0) is 24.4 Å². The highest BCUT2D eigenvalue weighted by Gasteiger charge is 2.34. The largest absolute Gasteiger partial charge is 0.481 e. The maximum absolute atomic E-state index is 11.7. The number of unbranched alkanes of at least 4 members (excludes halogenated alkanes) is 12. The van der Waals surface area contributed by atoms with Gasteiger partial charge in [-0.1, -0.05) is 76.9 Å². The molecule has 0 heterocycles. The zero-order valence-electron chi connectivity index (χ0n) is 18.4. The van der Waals surface area contributed by atoms with Crippen LogP contribution < -0.4 is 0 Å². The van der Waals surface area contributed by atoms with Gasteiger partial charge < -0.3 is 9.84 Å². The number of hydrogen-bond donors (Lipinski definition) is 2. The average molecular weight is 449 g/mol. The third-order valence-corrected chi connectivity index (χ3v) is 5.96. The predicted octanol–water partition coefficient (Wildman–Crippen LogP) is 5.30. The minimum atomic E-state index is -4.79. The van der Waals surface area contributed by atoms with E-state index in [1.807, 2.05) is 0 Å².